The number of hydrogen-bond acceptors (Lipinski definition) is 9. The summed E-state index contributed by atoms with van der Waals surface area (Å²) in [5, 5.41) is 31.0. The molecule has 3 N–H and O–H groups in total. The third-order valence-electron chi connectivity index (χ3n) is 4.16. The molecule has 1 aliphatic rings. The number of alkyl halides is 3. The zero-order valence-corrected chi connectivity index (χ0v) is 15.0. The van der Waals surface area contributed by atoms with Crippen LogP contribution in [0.1, 0.15) is 5.69 Å². The van der Waals surface area contributed by atoms with Crippen molar-refractivity contribution >= 4 is 5.95 Å². The molecule has 10 nitrogen and oxygen atoms in total. The molecule has 0 unspecified atom stereocenters. The van der Waals surface area contributed by atoms with E-state index in [9.17, 15) is 23.4 Å². The van der Waals surface area contributed by atoms with Crippen molar-refractivity contribution in [1.82, 2.24) is 25.0 Å². The van der Waals surface area contributed by atoms with Crippen LogP contribution in [0.15, 0.2) is 37.3 Å². The number of halogens is 3. The minimum atomic E-state index is -4.66. The average Bonchev–Trinajstić information content (AvgIpc) is 3.19. The number of aromatic nitrogens is 5. The third-order valence-corrected chi connectivity index (χ3v) is 4.16. The molecular formula is C16H19F3N6O4. The molecular weight excluding hydrogens is 397 g/mol. The summed E-state index contributed by atoms with van der Waals surface area (Å²) in [5.74, 6) is -0.401. The lowest BCUT2D eigenvalue weighted by Gasteiger charge is -2.42. The number of nitrogens with one attached hydrogen (secondary N) is 1. The van der Waals surface area contributed by atoms with Gasteiger partial charge in [0.1, 0.15) is 30.0 Å². The van der Waals surface area contributed by atoms with E-state index in [1.54, 1.807) is 6.20 Å². The molecule has 0 saturated carbocycles. The number of ether oxygens (including phenoxy) is 2. The Morgan fingerprint density at radius 2 is 2.10 bits per heavy atom. The maximum atomic E-state index is 12.9. The van der Waals surface area contributed by atoms with Crippen LogP contribution in [0.2, 0.25) is 0 Å². The first-order valence-corrected chi connectivity index (χ1v) is 8.54. The normalized spacial score (nSPS) is 27.6. The van der Waals surface area contributed by atoms with Crippen molar-refractivity contribution in [2.75, 3.05) is 11.9 Å². The van der Waals surface area contributed by atoms with Gasteiger partial charge in [0.15, 0.2) is 6.29 Å². The Bertz CT molecular complexity index is 806. The first-order valence-electron chi connectivity index (χ1n) is 8.54. The molecule has 13 heteroatoms. The molecule has 2 aromatic rings. The van der Waals surface area contributed by atoms with Crippen molar-refractivity contribution in [3.8, 4) is 0 Å². The van der Waals surface area contributed by atoms with Gasteiger partial charge in [-0.2, -0.15) is 13.2 Å². The Morgan fingerprint density at radius 3 is 2.76 bits per heavy atom. The van der Waals surface area contributed by atoms with E-state index in [4.69, 9.17) is 9.47 Å². The van der Waals surface area contributed by atoms with Gasteiger partial charge in [0.05, 0.1) is 19.3 Å². The summed E-state index contributed by atoms with van der Waals surface area (Å²) in [6.45, 7) is 3.62. The van der Waals surface area contributed by atoms with Gasteiger partial charge in [-0.05, 0) is 6.07 Å². The van der Waals surface area contributed by atoms with Gasteiger partial charge in [0, 0.05) is 12.4 Å². The van der Waals surface area contributed by atoms with E-state index in [0.717, 1.165) is 6.20 Å². The summed E-state index contributed by atoms with van der Waals surface area (Å²) < 4.78 is 51.2. The van der Waals surface area contributed by atoms with Crippen molar-refractivity contribution in [3.63, 3.8) is 0 Å². The lowest BCUT2D eigenvalue weighted by Crippen LogP contribution is -2.61. The van der Waals surface area contributed by atoms with Crippen molar-refractivity contribution in [2.45, 2.75) is 43.4 Å². The van der Waals surface area contributed by atoms with Crippen molar-refractivity contribution in [3.05, 3.63) is 43.0 Å². The molecule has 1 aliphatic heterocycles. The number of anilines is 1. The van der Waals surface area contributed by atoms with E-state index in [1.165, 1.54) is 17.0 Å². The molecule has 0 aromatic carbocycles. The summed E-state index contributed by atoms with van der Waals surface area (Å²) in [6.07, 6.45) is -4.24. The second kappa shape index (κ2) is 8.82. The SMILES string of the molecule is C=CCO[C@H]1O[C@H](Cn2ccnn2)[C@H](O)[C@H](O)[C@H]1Nc1nccc(C(F)(F)F)n1. The molecule has 29 heavy (non-hydrogen) atoms. The van der Waals surface area contributed by atoms with Gasteiger partial charge >= 0.3 is 6.18 Å². The molecule has 2 aromatic heterocycles. The first kappa shape index (κ1) is 21.1. The highest BCUT2D eigenvalue weighted by Gasteiger charge is 2.46. The third kappa shape index (κ3) is 5.06. The van der Waals surface area contributed by atoms with Crippen LogP contribution >= 0.6 is 0 Å². The summed E-state index contributed by atoms with van der Waals surface area (Å²) in [6, 6.07) is -0.436. The summed E-state index contributed by atoms with van der Waals surface area (Å²) >= 11 is 0. The molecule has 5 atom stereocenters. The maximum absolute atomic E-state index is 12.9. The summed E-state index contributed by atoms with van der Waals surface area (Å²) in [7, 11) is 0. The Balaban J connectivity index is 1.79. The highest BCUT2D eigenvalue weighted by Crippen LogP contribution is 2.29. The van der Waals surface area contributed by atoms with E-state index < -0.39 is 48.5 Å². The molecule has 3 heterocycles. The van der Waals surface area contributed by atoms with Crippen LogP contribution in [0.4, 0.5) is 19.1 Å². The highest BCUT2D eigenvalue weighted by atomic mass is 19.4. The Morgan fingerprint density at radius 1 is 1.31 bits per heavy atom. The van der Waals surface area contributed by atoms with Crippen molar-refractivity contribution < 1.29 is 32.9 Å². The van der Waals surface area contributed by atoms with Gasteiger partial charge in [-0.15, -0.1) is 11.7 Å². The van der Waals surface area contributed by atoms with Crippen LogP contribution in [0, 0.1) is 0 Å². The zero-order chi connectivity index (χ0) is 21.0. The van der Waals surface area contributed by atoms with Gasteiger partial charge < -0.3 is 25.0 Å². The van der Waals surface area contributed by atoms with E-state index in [0.29, 0.717) is 6.07 Å². The molecule has 0 spiro atoms. The first-order chi connectivity index (χ1) is 13.8. The quantitative estimate of drug-likeness (QED) is 0.543. The largest absolute Gasteiger partial charge is 0.433 e. The van der Waals surface area contributed by atoms with Gasteiger partial charge in [-0.3, -0.25) is 0 Å². The second-order valence-corrected chi connectivity index (χ2v) is 6.20. The van der Waals surface area contributed by atoms with Gasteiger partial charge in [0.2, 0.25) is 5.95 Å². The maximum Gasteiger partial charge on any atom is 0.433 e. The van der Waals surface area contributed by atoms with E-state index in [-0.39, 0.29) is 13.2 Å². The highest BCUT2D eigenvalue weighted by molar-refractivity contribution is 5.29. The second-order valence-electron chi connectivity index (χ2n) is 6.20. The number of rotatable bonds is 7. The average molecular weight is 416 g/mol. The fraction of sp³-hybridized carbons (Fsp3) is 0.500. The summed E-state index contributed by atoms with van der Waals surface area (Å²) in [4.78, 5) is 7.13. The topological polar surface area (TPSA) is 127 Å². The van der Waals surface area contributed by atoms with Crippen LogP contribution in [0.3, 0.4) is 0 Å². The minimum Gasteiger partial charge on any atom is -0.388 e. The predicted molar refractivity (Wildman–Crippen MR) is 91.3 cm³/mol. The monoisotopic (exact) mass is 416 g/mol. The molecule has 1 fully saturated rings. The number of aliphatic hydroxyl groups excluding tert-OH is 2. The molecule has 3 rings (SSSR count). The van der Waals surface area contributed by atoms with Crippen LogP contribution in [-0.4, -0.2) is 72.4 Å². The van der Waals surface area contributed by atoms with E-state index in [2.05, 4.69) is 32.2 Å². The minimum absolute atomic E-state index is 0.0329. The lowest BCUT2D eigenvalue weighted by atomic mass is 9.96. The Kier molecular flexibility index (Phi) is 6.42. The molecule has 0 aliphatic carbocycles. The zero-order valence-electron chi connectivity index (χ0n) is 15.0. The van der Waals surface area contributed by atoms with Crippen molar-refractivity contribution in [1.29, 1.82) is 0 Å². The molecule has 0 radical (unpaired) electrons. The standard InChI is InChI=1S/C16H19F3N6O4/c1-2-7-28-14-11(23-15-20-4-3-10(22-15)16(17,18)19)13(27)12(26)9(29-14)8-25-6-5-21-24-25/h2-6,9,11-14,26-27H,1,7-8H2,(H,20,22,23)/t9-,11-,12+,13-,14+/m1/s1. The van der Waals surface area contributed by atoms with E-state index in [1.807, 2.05) is 0 Å². The number of hydrogen-bond donors (Lipinski definition) is 3. The molecule has 1 saturated heterocycles. The molecule has 0 amide bonds. The van der Waals surface area contributed by atoms with Gasteiger partial charge in [-0.1, -0.05) is 11.3 Å². The van der Waals surface area contributed by atoms with Crippen LogP contribution in [0.5, 0.6) is 0 Å². The number of aliphatic hydroxyl groups is 2. The number of nitrogens with zero attached hydrogens (tertiary/aromatic N) is 5. The fourth-order valence-electron chi connectivity index (χ4n) is 2.79. The van der Waals surface area contributed by atoms with Gasteiger partial charge in [0.25, 0.3) is 0 Å². The van der Waals surface area contributed by atoms with Gasteiger partial charge in [-0.25, -0.2) is 14.6 Å². The van der Waals surface area contributed by atoms with Crippen LogP contribution < -0.4 is 5.32 Å². The van der Waals surface area contributed by atoms with E-state index >= 15 is 0 Å². The Labute approximate surface area is 163 Å². The predicted octanol–water partition coefficient (Wildman–Crippen LogP) is 0.217. The fourth-order valence-corrected chi connectivity index (χ4v) is 2.79. The molecule has 0 bridgehead atoms. The lowest BCUT2D eigenvalue weighted by molar-refractivity contribution is -0.256. The molecule has 158 valence electrons. The smallest absolute Gasteiger partial charge is 0.388 e. The van der Waals surface area contributed by atoms with Crippen LogP contribution in [-0.2, 0) is 22.2 Å². The Hall–Kier alpha value is -2.61. The van der Waals surface area contributed by atoms with Crippen LogP contribution in [0.25, 0.3) is 0 Å². The summed E-state index contributed by atoms with van der Waals surface area (Å²) in [5.41, 5.74) is -1.16. The van der Waals surface area contributed by atoms with Crippen molar-refractivity contribution in [2.24, 2.45) is 0 Å².